The van der Waals surface area contributed by atoms with Gasteiger partial charge in [0.25, 0.3) is 5.91 Å². The first-order chi connectivity index (χ1) is 12.9. The third-order valence-corrected chi connectivity index (χ3v) is 5.44. The summed E-state index contributed by atoms with van der Waals surface area (Å²) in [5.74, 6) is -1.81. The monoisotopic (exact) mass is 453 g/mol. The van der Waals surface area contributed by atoms with Gasteiger partial charge in [0.05, 0.1) is 16.8 Å². The summed E-state index contributed by atoms with van der Waals surface area (Å²) in [6.07, 6.45) is 0.234. The van der Waals surface area contributed by atoms with E-state index in [1.807, 2.05) is 18.2 Å². The number of carbonyl (C=O) groups is 4. The molecule has 8 nitrogen and oxygen atoms in total. The van der Waals surface area contributed by atoms with Gasteiger partial charge in [0, 0.05) is 17.3 Å². The van der Waals surface area contributed by atoms with Gasteiger partial charge in [0.1, 0.15) is 13.1 Å². The molecule has 1 aromatic heterocycles. The molecule has 0 N–H and O–H groups in total. The van der Waals surface area contributed by atoms with Gasteiger partial charge >= 0.3 is 5.97 Å². The summed E-state index contributed by atoms with van der Waals surface area (Å²) in [6, 6.07) is 5.49. The highest BCUT2D eigenvalue weighted by molar-refractivity contribution is 9.10. The molecule has 0 radical (unpaired) electrons. The summed E-state index contributed by atoms with van der Waals surface area (Å²) in [7, 11) is 0. The lowest BCUT2D eigenvalue weighted by atomic mass is 10.3. The van der Waals surface area contributed by atoms with Crippen molar-refractivity contribution in [1.82, 2.24) is 9.47 Å². The second kappa shape index (κ2) is 8.13. The Kier molecular flexibility index (Phi) is 5.85. The minimum Gasteiger partial charge on any atom is -0.465 e. The van der Waals surface area contributed by atoms with Gasteiger partial charge in [-0.25, -0.2) is 0 Å². The molecule has 3 amide bonds. The standard InChI is InChI=1S/C17H16BrN3O5S/c1-2-26-16(25)9-20-11-4-3-10(18)7-12(11)27-17(20)19-13(22)8-21-14(23)5-6-15(21)24/h3-4,7H,2,5-6,8-9H2,1H3. The predicted octanol–water partition coefficient (Wildman–Crippen LogP) is 1.60. The molecule has 1 fully saturated rings. The molecule has 1 aliphatic rings. The van der Waals surface area contributed by atoms with Crippen LogP contribution >= 0.6 is 27.3 Å². The van der Waals surface area contributed by atoms with Gasteiger partial charge in [0.2, 0.25) is 11.8 Å². The third kappa shape index (κ3) is 4.33. The van der Waals surface area contributed by atoms with Crippen LogP contribution in [0.5, 0.6) is 0 Å². The molecule has 1 saturated heterocycles. The Hall–Kier alpha value is -2.33. The molecular weight excluding hydrogens is 438 g/mol. The Morgan fingerprint density at radius 1 is 1.22 bits per heavy atom. The number of benzene rings is 1. The lowest BCUT2D eigenvalue weighted by molar-refractivity contribution is -0.144. The van der Waals surface area contributed by atoms with Gasteiger partial charge in [-0.05, 0) is 25.1 Å². The van der Waals surface area contributed by atoms with E-state index in [4.69, 9.17) is 4.74 Å². The summed E-state index contributed by atoms with van der Waals surface area (Å²) in [4.78, 5) is 52.9. The highest BCUT2D eigenvalue weighted by atomic mass is 79.9. The Morgan fingerprint density at radius 2 is 1.93 bits per heavy atom. The van der Waals surface area contributed by atoms with E-state index in [9.17, 15) is 19.2 Å². The minimum absolute atomic E-state index is 0.0941. The number of hydrogen-bond donors (Lipinski definition) is 0. The van der Waals surface area contributed by atoms with Crippen molar-refractivity contribution in [2.45, 2.75) is 26.3 Å². The Bertz CT molecular complexity index is 994. The van der Waals surface area contributed by atoms with Crippen LogP contribution in [0.15, 0.2) is 27.7 Å². The summed E-state index contributed by atoms with van der Waals surface area (Å²) < 4.78 is 8.27. The summed E-state index contributed by atoms with van der Waals surface area (Å²) in [6.45, 7) is 1.47. The molecule has 1 aromatic carbocycles. The van der Waals surface area contributed by atoms with Crippen molar-refractivity contribution in [2.75, 3.05) is 13.2 Å². The van der Waals surface area contributed by atoms with Gasteiger partial charge in [0.15, 0.2) is 4.80 Å². The number of imide groups is 1. The van der Waals surface area contributed by atoms with Crippen LogP contribution in [0.1, 0.15) is 19.8 Å². The first kappa shape index (κ1) is 19.4. The van der Waals surface area contributed by atoms with Crippen molar-refractivity contribution < 1.29 is 23.9 Å². The fourth-order valence-electron chi connectivity index (χ4n) is 2.70. The molecule has 0 spiro atoms. The van der Waals surface area contributed by atoms with Gasteiger partial charge < -0.3 is 9.30 Å². The number of rotatable bonds is 5. The third-order valence-electron chi connectivity index (χ3n) is 3.91. The summed E-state index contributed by atoms with van der Waals surface area (Å²) in [5, 5.41) is 0. The number of ether oxygens (including phenoxy) is 1. The molecule has 0 atom stereocenters. The van der Waals surface area contributed by atoms with Crippen LogP contribution in [0.3, 0.4) is 0 Å². The number of fused-ring (bicyclic) bond motifs is 1. The van der Waals surface area contributed by atoms with Crippen molar-refractivity contribution in [1.29, 1.82) is 0 Å². The molecule has 0 bridgehead atoms. The number of thiazole rings is 1. The smallest absolute Gasteiger partial charge is 0.326 e. The highest BCUT2D eigenvalue weighted by Gasteiger charge is 2.30. The Morgan fingerprint density at radius 3 is 2.59 bits per heavy atom. The largest absolute Gasteiger partial charge is 0.465 e. The van der Waals surface area contributed by atoms with Crippen LogP contribution in [-0.4, -0.2) is 46.3 Å². The number of esters is 1. The molecule has 0 unspecified atom stereocenters. The van der Waals surface area contributed by atoms with Crippen molar-refractivity contribution in [3.63, 3.8) is 0 Å². The van der Waals surface area contributed by atoms with E-state index in [2.05, 4.69) is 20.9 Å². The highest BCUT2D eigenvalue weighted by Crippen LogP contribution is 2.22. The predicted molar refractivity (Wildman–Crippen MR) is 101 cm³/mol. The lowest BCUT2D eigenvalue weighted by Gasteiger charge is -2.10. The normalized spacial score (nSPS) is 15.0. The van der Waals surface area contributed by atoms with E-state index in [0.29, 0.717) is 4.80 Å². The van der Waals surface area contributed by atoms with E-state index in [0.717, 1.165) is 19.6 Å². The average Bonchev–Trinajstić information content (AvgIpc) is 3.09. The number of nitrogens with zero attached hydrogens (tertiary/aromatic N) is 3. The molecule has 0 saturated carbocycles. The fraction of sp³-hybridized carbons (Fsp3) is 0.353. The number of carbonyl (C=O) groups excluding carboxylic acids is 4. The first-order valence-electron chi connectivity index (χ1n) is 8.24. The first-order valence-corrected chi connectivity index (χ1v) is 9.85. The van der Waals surface area contributed by atoms with Crippen LogP contribution in [0.2, 0.25) is 0 Å². The number of hydrogen-bond acceptors (Lipinski definition) is 6. The average molecular weight is 454 g/mol. The topological polar surface area (TPSA) is 98.0 Å². The molecule has 3 rings (SSSR count). The fourth-order valence-corrected chi connectivity index (χ4v) is 4.30. The summed E-state index contributed by atoms with van der Waals surface area (Å²) in [5.41, 5.74) is 0.733. The zero-order valence-corrected chi connectivity index (χ0v) is 16.8. The van der Waals surface area contributed by atoms with Crippen molar-refractivity contribution in [3.05, 3.63) is 27.5 Å². The van der Waals surface area contributed by atoms with Gasteiger partial charge in [-0.15, -0.1) is 0 Å². The van der Waals surface area contributed by atoms with E-state index in [-0.39, 0.29) is 37.8 Å². The van der Waals surface area contributed by atoms with E-state index < -0.39 is 18.4 Å². The van der Waals surface area contributed by atoms with Crippen LogP contribution in [0, 0.1) is 0 Å². The van der Waals surface area contributed by atoms with Crippen LogP contribution in [-0.2, 0) is 30.5 Å². The maximum Gasteiger partial charge on any atom is 0.326 e. The van der Waals surface area contributed by atoms with Crippen molar-refractivity contribution >= 4 is 61.2 Å². The van der Waals surface area contributed by atoms with E-state index in [1.54, 1.807) is 11.5 Å². The Balaban J connectivity index is 1.97. The summed E-state index contributed by atoms with van der Waals surface area (Å²) >= 11 is 4.63. The quantitative estimate of drug-likeness (QED) is 0.505. The van der Waals surface area contributed by atoms with Crippen molar-refractivity contribution in [2.24, 2.45) is 4.99 Å². The molecule has 1 aliphatic heterocycles. The number of halogens is 1. The second-order valence-electron chi connectivity index (χ2n) is 5.77. The molecule has 142 valence electrons. The van der Waals surface area contributed by atoms with E-state index >= 15 is 0 Å². The molecular formula is C17H16BrN3O5S. The maximum atomic E-state index is 12.3. The maximum absolute atomic E-state index is 12.3. The number of amides is 3. The second-order valence-corrected chi connectivity index (χ2v) is 7.69. The molecule has 0 aliphatic carbocycles. The molecule has 2 heterocycles. The SMILES string of the molecule is CCOC(=O)Cn1c(=NC(=O)CN2C(=O)CCC2=O)sc2cc(Br)ccc21. The molecule has 10 heteroatoms. The van der Waals surface area contributed by atoms with Crippen LogP contribution in [0.4, 0.5) is 0 Å². The van der Waals surface area contributed by atoms with Crippen LogP contribution in [0.25, 0.3) is 10.2 Å². The molecule has 2 aromatic rings. The molecule has 27 heavy (non-hydrogen) atoms. The van der Waals surface area contributed by atoms with Crippen molar-refractivity contribution in [3.8, 4) is 0 Å². The zero-order chi connectivity index (χ0) is 19.6. The number of likely N-dealkylation sites (tertiary alicyclic amines) is 1. The van der Waals surface area contributed by atoms with Crippen LogP contribution < -0.4 is 4.80 Å². The lowest BCUT2D eigenvalue weighted by Crippen LogP contribution is -2.34. The van der Waals surface area contributed by atoms with Gasteiger partial charge in [-0.2, -0.15) is 4.99 Å². The Labute approximate surface area is 166 Å². The minimum atomic E-state index is -0.623. The van der Waals surface area contributed by atoms with Gasteiger partial charge in [-0.3, -0.25) is 24.1 Å². The van der Waals surface area contributed by atoms with Gasteiger partial charge in [-0.1, -0.05) is 27.3 Å². The van der Waals surface area contributed by atoms with E-state index in [1.165, 1.54) is 11.3 Å². The zero-order valence-electron chi connectivity index (χ0n) is 14.4. The number of aromatic nitrogens is 1.